The van der Waals surface area contributed by atoms with E-state index in [4.69, 9.17) is 9.72 Å². The van der Waals surface area contributed by atoms with Crippen LogP contribution in [0, 0.1) is 0 Å². The first-order valence-electron chi connectivity index (χ1n) is 9.09. The molecule has 27 heavy (non-hydrogen) atoms. The van der Waals surface area contributed by atoms with Gasteiger partial charge in [-0.3, -0.25) is 0 Å². The third kappa shape index (κ3) is 4.20. The molecule has 1 fully saturated rings. The van der Waals surface area contributed by atoms with Crippen LogP contribution < -0.4 is 10.2 Å². The van der Waals surface area contributed by atoms with Crippen LogP contribution in [0.2, 0.25) is 0 Å². The van der Waals surface area contributed by atoms with E-state index in [0.717, 1.165) is 48.1 Å². The fourth-order valence-electron chi connectivity index (χ4n) is 2.96. The molecule has 0 unspecified atom stereocenters. The average Bonchev–Trinajstić information content (AvgIpc) is 3.28. The van der Waals surface area contributed by atoms with Gasteiger partial charge in [0.2, 0.25) is 11.8 Å². The Balaban J connectivity index is 1.50. The predicted molar refractivity (Wildman–Crippen MR) is 101 cm³/mol. The highest BCUT2D eigenvalue weighted by Crippen LogP contribution is 2.18. The van der Waals surface area contributed by atoms with E-state index in [1.54, 1.807) is 0 Å². The Labute approximate surface area is 157 Å². The first kappa shape index (κ1) is 17.3. The summed E-state index contributed by atoms with van der Waals surface area (Å²) >= 11 is 0. The van der Waals surface area contributed by atoms with Crippen molar-refractivity contribution in [1.82, 2.24) is 30.6 Å². The van der Waals surface area contributed by atoms with E-state index in [1.807, 2.05) is 24.3 Å². The van der Waals surface area contributed by atoms with Crippen LogP contribution in [0.25, 0.3) is 11.4 Å². The van der Waals surface area contributed by atoms with Gasteiger partial charge in [-0.2, -0.15) is 10.2 Å². The number of aryl methyl sites for hydroxylation is 1. The Kier molecular flexibility index (Phi) is 5.20. The van der Waals surface area contributed by atoms with Crippen molar-refractivity contribution in [3.05, 3.63) is 41.6 Å². The number of morpholine rings is 1. The van der Waals surface area contributed by atoms with Gasteiger partial charge in [0.25, 0.3) is 0 Å². The minimum atomic E-state index is 0.585. The summed E-state index contributed by atoms with van der Waals surface area (Å²) in [7, 11) is 0. The number of anilines is 2. The van der Waals surface area contributed by atoms with Crippen LogP contribution in [0.3, 0.4) is 0 Å². The smallest absolute Gasteiger partial charge is 0.227 e. The van der Waals surface area contributed by atoms with Gasteiger partial charge in [-0.15, -0.1) is 10.2 Å². The summed E-state index contributed by atoms with van der Waals surface area (Å²) in [6.07, 6.45) is 0.863. The zero-order valence-corrected chi connectivity index (χ0v) is 15.2. The quantitative estimate of drug-likeness (QED) is 0.679. The van der Waals surface area contributed by atoms with Crippen molar-refractivity contribution in [1.29, 1.82) is 0 Å². The van der Waals surface area contributed by atoms with Crippen LogP contribution in [-0.2, 0) is 17.7 Å². The Morgan fingerprint density at radius 1 is 1.19 bits per heavy atom. The molecule has 0 radical (unpaired) electrons. The summed E-state index contributed by atoms with van der Waals surface area (Å²) in [5.74, 6) is 2.18. The van der Waals surface area contributed by atoms with Gasteiger partial charge in [0.05, 0.1) is 13.2 Å². The molecule has 2 N–H and O–H groups in total. The second kappa shape index (κ2) is 8.09. The third-order valence-corrected chi connectivity index (χ3v) is 4.43. The number of rotatable bonds is 6. The van der Waals surface area contributed by atoms with E-state index in [1.165, 1.54) is 0 Å². The molecule has 0 atom stereocenters. The molecule has 9 heteroatoms. The molecule has 0 bridgehead atoms. The summed E-state index contributed by atoms with van der Waals surface area (Å²) in [5.41, 5.74) is 3.06. The molecule has 0 aliphatic carbocycles. The van der Waals surface area contributed by atoms with E-state index in [0.29, 0.717) is 25.6 Å². The highest BCUT2D eigenvalue weighted by Gasteiger charge is 2.15. The van der Waals surface area contributed by atoms with Crippen LogP contribution in [0.15, 0.2) is 30.3 Å². The minimum Gasteiger partial charge on any atom is -0.378 e. The molecule has 3 heterocycles. The van der Waals surface area contributed by atoms with E-state index in [9.17, 15) is 0 Å². The largest absolute Gasteiger partial charge is 0.378 e. The molecule has 1 aliphatic rings. The number of H-pyrrole nitrogens is 1. The molecule has 0 saturated carbocycles. The van der Waals surface area contributed by atoms with Gasteiger partial charge in [0.1, 0.15) is 5.82 Å². The van der Waals surface area contributed by atoms with Crippen molar-refractivity contribution in [3.63, 3.8) is 0 Å². The lowest BCUT2D eigenvalue weighted by Crippen LogP contribution is -2.37. The maximum atomic E-state index is 5.43. The van der Waals surface area contributed by atoms with Crippen LogP contribution in [0.1, 0.15) is 18.2 Å². The number of aromatic amines is 1. The topological polar surface area (TPSA) is 105 Å². The van der Waals surface area contributed by atoms with E-state index in [2.05, 4.69) is 48.8 Å². The van der Waals surface area contributed by atoms with Gasteiger partial charge in [-0.1, -0.05) is 25.1 Å². The average molecular weight is 366 g/mol. The first-order valence-corrected chi connectivity index (χ1v) is 9.09. The van der Waals surface area contributed by atoms with Crippen molar-refractivity contribution >= 4 is 11.8 Å². The molecule has 0 spiro atoms. The highest BCUT2D eigenvalue weighted by molar-refractivity contribution is 5.55. The molecule has 9 nitrogen and oxygen atoms in total. The molecule has 1 aliphatic heterocycles. The maximum Gasteiger partial charge on any atom is 0.227 e. The van der Waals surface area contributed by atoms with Crippen molar-refractivity contribution < 1.29 is 4.74 Å². The molecule has 1 aromatic carbocycles. The zero-order chi connectivity index (χ0) is 18.5. The number of hydrogen-bond acceptors (Lipinski definition) is 8. The van der Waals surface area contributed by atoms with Gasteiger partial charge >= 0.3 is 0 Å². The molecule has 0 amide bonds. The Hall–Kier alpha value is -3.07. The predicted octanol–water partition coefficient (Wildman–Crippen LogP) is 1.67. The summed E-state index contributed by atoms with van der Waals surface area (Å²) in [6.45, 7) is 5.81. The Morgan fingerprint density at radius 2 is 2.07 bits per heavy atom. The number of benzene rings is 1. The number of ether oxygens (including phenoxy) is 1. The van der Waals surface area contributed by atoms with Crippen LogP contribution in [-0.4, -0.2) is 56.9 Å². The maximum absolute atomic E-state index is 5.43. The van der Waals surface area contributed by atoms with Gasteiger partial charge in [-0.05, 0) is 23.3 Å². The van der Waals surface area contributed by atoms with Crippen LogP contribution in [0.4, 0.5) is 11.8 Å². The lowest BCUT2D eigenvalue weighted by atomic mass is 10.1. The summed E-state index contributed by atoms with van der Waals surface area (Å²) in [5, 5.41) is 17.6. The molecule has 1 saturated heterocycles. The summed E-state index contributed by atoms with van der Waals surface area (Å²) < 4.78 is 5.43. The molecular formula is C18H22N8O. The first-order chi connectivity index (χ1) is 13.3. The second-order valence-corrected chi connectivity index (χ2v) is 6.29. The normalized spacial score (nSPS) is 14.3. The van der Waals surface area contributed by atoms with E-state index in [-0.39, 0.29) is 0 Å². The van der Waals surface area contributed by atoms with Crippen molar-refractivity contribution in [2.45, 2.75) is 19.9 Å². The minimum absolute atomic E-state index is 0.585. The van der Waals surface area contributed by atoms with Gasteiger partial charge in [0, 0.05) is 37.0 Å². The van der Waals surface area contributed by atoms with Crippen LogP contribution in [0.5, 0.6) is 0 Å². The SMILES string of the molecule is CCc1cc(NCc2cccc(-c3nn[nH]n3)c2)nc(N2CCOCC2)n1. The fraction of sp³-hybridized carbons (Fsp3) is 0.389. The number of tetrazole rings is 1. The molecule has 2 aromatic heterocycles. The lowest BCUT2D eigenvalue weighted by Gasteiger charge is -2.27. The van der Waals surface area contributed by atoms with Gasteiger partial charge in [-0.25, -0.2) is 4.98 Å². The Bertz CT molecular complexity index is 877. The number of nitrogens with one attached hydrogen (secondary N) is 2. The molecule has 3 aromatic rings. The van der Waals surface area contributed by atoms with Crippen molar-refractivity contribution in [3.8, 4) is 11.4 Å². The molecular weight excluding hydrogens is 344 g/mol. The summed E-state index contributed by atoms with van der Waals surface area (Å²) in [6, 6.07) is 10.1. The highest BCUT2D eigenvalue weighted by atomic mass is 16.5. The molecule has 4 rings (SSSR count). The standard InChI is InChI=1S/C18H22N8O/c1-2-15-11-16(21-18(20-15)26-6-8-27-9-7-26)19-12-13-4-3-5-14(10-13)17-22-24-25-23-17/h3-5,10-11H,2,6-9,12H2,1H3,(H,19,20,21)(H,22,23,24,25). The monoisotopic (exact) mass is 366 g/mol. The summed E-state index contributed by atoms with van der Waals surface area (Å²) in [4.78, 5) is 11.5. The molecule has 140 valence electrons. The Morgan fingerprint density at radius 3 is 2.85 bits per heavy atom. The fourth-order valence-corrected chi connectivity index (χ4v) is 2.96. The second-order valence-electron chi connectivity index (χ2n) is 6.29. The van der Waals surface area contributed by atoms with Crippen LogP contribution >= 0.6 is 0 Å². The number of hydrogen-bond donors (Lipinski definition) is 2. The van der Waals surface area contributed by atoms with E-state index >= 15 is 0 Å². The van der Waals surface area contributed by atoms with Crippen molar-refractivity contribution in [2.75, 3.05) is 36.5 Å². The van der Waals surface area contributed by atoms with E-state index < -0.39 is 0 Å². The number of nitrogens with zero attached hydrogens (tertiary/aromatic N) is 6. The van der Waals surface area contributed by atoms with Crippen molar-refractivity contribution in [2.24, 2.45) is 0 Å². The zero-order valence-electron chi connectivity index (χ0n) is 15.2. The number of aromatic nitrogens is 6. The third-order valence-electron chi connectivity index (χ3n) is 4.43. The lowest BCUT2D eigenvalue weighted by molar-refractivity contribution is 0.122. The van der Waals surface area contributed by atoms with Gasteiger partial charge in [0.15, 0.2) is 0 Å². The van der Waals surface area contributed by atoms with Gasteiger partial charge < -0.3 is 15.0 Å².